The van der Waals surface area contributed by atoms with Gasteiger partial charge in [-0.15, -0.1) is 10.2 Å². The summed E-state index contributed by atoms with van der Waals surface area (Å²) >= 11 is 0. The van der Waals surface area contributed by atoms with Crippen LogP contribution in [-0.2, 0) is 24.3 Å². The summed E-state index contributed by atoms with van der Waals surface area (Å²) in [5.74, 6) is 2.51. The number of aryl methyl sites for hydroxylation is 2. The van der Waals surface area contributed by atoms with Crippen LogP contribution in [0.25, 0.3) is 22.4 Å². The van der Waals surface area contributed by atoms with E-state index in [1.165, 1.54) is 0 Å². The van der Waals surface area contributed by atoms with E-state index in [9.17, 15) is 4.79 Å². The lowest BCUT2D eigenvalue weighted by molar-refractivity contribution is -0.121. The van der Waals surface area contributed by atoms with Gasteiger partial charge in [0, 0.05) is 23.5 Å². The van der Waals surface area contributed by atoms with Crippen molar-refractivity contribution >= 4 is 16.8 Å². The van der Waals surface area contributed by atoms with Gasteiger partial charge in [-0.05, 0) is 25.1 Å². The molecule has 7 nitrogen and oxygen atoms in total. The van der Waals surface area contributed by atoms with Crippen LogP contribution < -0.4 is 5.32 Å². The molecule has 27 heavy (non-hydrogen) atoms. The first-order valence-corrected chi connectivity index (χ1v) is 8.86. The van der Waals surface area contributed by atoms with E-state index in [0.29, 0.717) is 24.7 Å². The van der Waals surface area contributed by atoms with Gasteiger partial charge in [-0.25, -0.2) is 0 Å². The standard InChI is InChI=1S/C20H20N4O3/c1-3-19-22-23-20(27-19)16-11-24(17-7-5-4-6-15(16)17)12-18(25)21-10-14-9-8-13(2)26-14/h4-9,11H,3,10,12H2,1-2H3,(H,21,25). The summed E-state index contributed by atoms with van der Waals surface area (Å²) in [5.41, 5.74) is 1.76. The SMILES string of the molecule is CCc1nnc(-c2cn(CC(=O)NCc3ccc(C)o3)c3ccccc23)o1. The zero-order valence-corrected chi connectivity index (χ0v) is 15.2. The smallest absolute Gasteiger partial charge is 0.249 e. The maximum absolute atomic E-state index is 12.4. The largest absolute Gasteiger partial charge is 0.465 e. The molecule has 0 aliphatic rings. The molecule has 138 valence electrons. The molecule has 3 heterocycles. The first kappa shape index (κ1) is 17.1. The quantitative estimate of drug-likeness (QED) is 0.566. The highest BCUT2D eigenvalue weighted by atomic mass is 16.4. The van der Waals surface area contributed by atoms with Crippen molar-refractivity contribution in [1.82, 2.24) is 20.1 Å². The molecular weight excluding hydrogens is 344 g/mol. The summed E-state index contributed by atoms with van der Waals surface area (Å²) in [6.45, 7) is 4.39. The third kappa shape index (κ3) is 3.48. The maximum Gasteiger partial charge on any atom is 0.249 e. The van der Waals surface area contributed by atoms with Crippen LogP contribution in [-0.4, -0.2) is 20.7 Å². The zero-order chi connectivity index (χ0) is 18.8. The van der Waals surface area contributed by atoms with Crippen LogP contribution in [0.5, 0.6) is 0 Å². The monoisotopic (exact) mass is 364 g/mol. The highest BCUT2D eigenvalue weighted by molar-refractivity contribution is 5.94. The molecule has 0 saturated heterocycles. The van der Waals surface area contributed by atoms with Gasteiger partial charge in [0.15, 0.2) is 0 Å². The molecular formula is C20H20N4O3. The van der Waals surface area contributed by atoms with Crippen LogP contribution in [0.2, 0.25) is 0 Å². The number of rotatable bonds is 6. The van der Waals surface area contributed by atoms with E-state index in [1.54, 1.807) is 0 Å². The Balaban J connectivity index is 1.57. The molecule has 0 aliphatic heterocycles. The molecule has 4 aromatic rings. The molecule has 1 aromatic carbocycles. The van der Waals surface area contributed by atoms with Crippen LogP contribution in [0.15, 0.2) is 51.4 Å². The van der Waals surface area contributed by atoms with Crippen molar-refractivity contribution in [2.45, 2.75) is 33.4 Å². The Morgan fingerprint density at radius 1 is 1.15 bits per heavy atom. The average molecular weight is 364 g/mol. The van der Waals surface area contributed by atoms with Gasteiger partial charge in [0.1, 0.15) is 18.1 Å². The van der Waals surface area contributed by atoms with Crippen LogP contribution in [0.4, 0.5) is 0 Å². The number of carbonyl (C=O) groups excluding carboxylic acids is 1. The molecule has 0 spiro atoms. The van der Waals surface area contributed by atoms with Gasteiger partial charge in [-0.1, -0.05) is 25.1 Å². The molecule has 1 amide bonds. The van der Waals surface area contributed by atoms with Crippen LogP contribution in [0.3, 0.4) is 0 Å². The molecule has 0 saturated carbocycles. The molecule has 0 unspecified atom stereocenters. The first-order valence-electron chi connectivity index (χ1n) is 8.86. The molecule has 3 aromatic heterocycles. The summed E-state index contributed by atoms with van der Waals surface area (Å²) < 4.78 is 13.1. The minimum Gasteiger partial charge on any atom is -0.465 e. The summed E-state index contributed by atoms with van der Waals surface area (Å²) in [6.07, 6.45) is 2.56. The summed E-state index contributed by atoms with van der Waals surface area (Å²) in [5, 5.41) is 12.0. The molecule has 1 N–H and O–H groups in total. The zero-order valence-electron chi connectivity index (χ0n) is 15.2. The second-order valence-corrected chi connectivity index (χ2v) is 6.33. The predicted molar refractivity (Wildman–Crippen MR) is 99.9 cm³/mol. The lowest BCUT2D eigenvalue weighted by Gasteiger charge is -2.06. The molecule has 0 aliphatic carbocycles. The van der Waals surface area contributed by atoms with Crippen molar-refractivity contribution in [2.24, 2.45) is 0 Å². The number of carbonyl (C=O) groups is 1. The Morgan fingerprint density at radius 2 is 2.00 bits per heavy atom. The number of aromatic nitrogens is 3. The van der Waals surface area contributed by atoms with E-state index in [0.717, 1.165) is 28.0 Å². The second kappa shape index (κ2) is 7.11. The predicted octanol–water partition coefficient (Wildman–Crippen LogP) is 3.47. The fraction of sp³-hybridized carbons (Fsp3) is 0.250. The Morgan fingerprint density at radius 3 is 2.74 bits per heavy atom. The summed E-state index contributed by atoms with van der Waals surface area (Å²) in [4.78, 5) is 12.4. The number of nitrogens with one attached hydrogen (secondary N) is 1. The minimum atomic E-state index is -0.101. The Bertz CT molecular complexity index is 1090. The van der Waals surface area contributed by atoms with E-state index < -0.39 is 0 Å². The summed E-state index contributed by atoms with van der Waals surface area (Å²) in [7, 11) is 0. The van der Waals surface area contributed by atoms with E-state index >= 15 is 0 Å². The molecule has 7 heteroatoms. The van der Waals surface area contributed by atoms with Gasteiger partial charge in [-0.3, -0.25) is 4.79 Å². The highest BCUT2D eigenvalue weighted by Crippen LogP contribution is 2.29. The third-order valence-electron chi connectivity index (χ3n) is 4.36. The maximum atomic E-state index is 12.4. The van der Waals surface area contributed by atoms with Crippen LogP contribution in [0.1, 0.15) is 24.3 Å². The topological polar surface area (TPSA) is 86.1 Å². The van der Waals surface area contributed by atoms with E-state index in [4.69, 9.17) is 8.83 Å². The number of fused-ring (bicyclic) bond motifs is 1. The van der Waals surface area contributed by atoms with Gasteiger partial charge < -0.3 is 18.7 Å². The van der Waals surface area contributed by atoms with E-state index in [-0.39, 0.29) is 12.5 Å². The first-order chi connectivity index (χ1) is 13.1. The van der Waals surface area contributed by atoms with Gasteiger partial charge >= 0.3 is 0 Å². The number of hydrogen-bond donors (Lipinski definition) is 1. The second-order valence-electron chi connectivity index (χ2n) is 6.33. The van der Waals surface area contributed by atoms with E-state index in [2.05, 4.69) is 15.5 Å². The normalized spacial score (nSPS) is 11.2. The number of hydrogen-bond acceptors (Lipinski definition) is 5. The Labute approximate surface area is 156 Å². The van der Waals surface area contributed by atoms with Crippen molar-refractivity contribution in [3.8, 4) is 11.5 Å². The number of furan rings is 1. The van der Waals surface area contributed by atoms with Crippen molar-refractivity contribution < 1.29 is 13.6 Å². The summed E-state index contributed by atoms with van der Waals surface area (Å²) in [6, 6.07) is 11.6. The van der Waals surface area contributed by atoms with Gasteiger partial charge in [-0.2, -0.15) is 0 Å². The van der Waals surface area contributed by atoms with Crippen molar-refractivity contribution in [3.05, 3.63) is 60.0 Å². The number of benzene rings is 1. The van der Waals surface area contributed by atoms with Gasteiger partial charge in [0.2, 0.25) is 17.7 Å². The highest BCUT2D eigenvalue weighted by Gasteiger charge is 2.16. The Kier molecular flexibility index (Phi) is 4.50. The third-order valence-corrected chi connectivity index (χ3v) is 4.36. The number of amides is 1. The molecule has 0 bridgehead atoms. The van der Waals surface area contributed by atoms with Crippen molar-refractivity contribution in [2.75, 3.05) is 0 Å². The van der Waals surface area contributed by atoms with Gasteiger partial charge in [0.25, 0.3) is 0 Å². The van der Waals surface area contributed by atoms with Crippen molar-refractivity contribution in [1.29, 1.82) is 0 Å². The fourth-order valence-corrected chi connectivity index (χ4v) is 3.03. The Hall–Kier alpha value is -3.35. The van der Waals surface area contributed by atoms with Crippen LogP contribution in [0, 0.1) is 6.92 Å². The molecule has 4 rings (SSSR count). The fourth-order valence-electron chi connectivity index (χ4n) is 3.03. The van der Waals surface area contributed by atoms with E-state index in [1.807, 2.05) is 61.0 Å². The number of nitrogens with zero attached hydrogens (tertiary/aromatic N) is 3. The molecule has 0 radical (unpaired) electrons. The van der Waals surface area contributed by atoms with Gasteiger partial charge in [0.05, 0.1) is 12.1 Å². The number of para-hydroxylation sites is 1. The lowest BCUT2D eigenvalue weighted by atomic mass is 10.2. The molecule has 0 atom stereocenters. The molecule has 0 fully saturated rings. The lowest BCUT2D eigenvalue weighted by Crippen LogP contribution is -2.26. The minimum absolute atomic E-state index is 0.101. The average Bonchev–Trinajstić information content (AvgIpc) is 3.39. The van der Waals surface area contributed by atoms with Crippen LogP contribution >= 0.6 is 0 Å². The van der Waals surface area contributed by atoms with Crippen molar-refractivity contribution in [3.63, 3.8) is 0 Å².